The molecule has 112 valence electrons. The van der Waals surface area contributed by atoms with Crippen molar-refractivity contribution in [2.24, 2.45) is 0 Å². The Morgan fingerprint density at radius 1 is 1.05 bits per heavy atom. The molecule has 0 aromatic heterocycles. The zero-order chi connectivity index (χ0) is 16.0. The summed E-state index contributed by atoms with van der Waals surface area (Å²) in [6.45, 7) is 1.92. The van der Waals surface area contributed by atoms with Crippen LogP contribution in [0, 0.1) is 6.92 Å². The molecular formula is C16H11Br2NO3. The minimum absolute atomic E-state index is 0.0578. The van der Waals surface area contributed by atoms with E-state index in [0.717, 1.165) is 25.8 Å². The summed E-state index contributed by atoms with van der Waals surface area (Å²) in [6.07, 6.45) is 1.65. The first kappa shape index (κ1) is 15.1. The fourth-order valence-electron chi connectivity index (χ4n) is 2.48. The predicted molar refractivity (Wildman–Crippen MR) is 92.9 cm³/mol. The van der Waals surface area contributed by atoms with Crippen molar-refractivity contribution >= 4 is 55.1 Å². The van der Waals surface area contributed by atoms with Gasteiger partial charge in [-0.3, -0.25) is 4.79 Å². The minimum Gasteiger partial charge on any atom is -0.508 e. The van der Waals surface area contributed by atoms with Crippen molar-refractivity contribution < 1.29 is 15.0 Å². The lowest BCUT2D eigenvalue weighted by atomic mass is 9.99. The number of fused-ring (bicyclic) bond motifs is 1. The van der Waals surface area contributed by atoms with Crippen LogP contribution in [0.3, 0.4) is 0 Å². The molecule has 0 atom stereocenters. The minimum atomic E-state index is -0.222. The van der Waals surface area contributed by atoms with Crippen LogP contribution in [0.25, 0.3) is 11.6 Å². The van der Waals surface area contributed by atoms with Crippen LogP contribution in [0.5, 0.6) is 11.5 Å². The zero-order valence-electron chi connectivity index (χ0n) is 11.4. The van der Waals surface area contributed by atoms with E-state index in [-0.39, 0.29) is 17.4 Å². The molecule has 0 radical (unpaired) electrons. The number of hydrogen-bond acceptors (Lipinski definition) is 3. The summed E-state index contributed by atoms with van der Waals surface area (Å²) in [5.74, 6) is -0.338. The molecule has 3 N–H and O–H groups in total. The van der Waals surface area contributed by atoms with E-state index in [2.05, 4.69) is 37.2 Å². The topological polar surface area (TPSA) is 69.6 Å². The number of carbonyl (C=O) groups is 1. The molecule has 0 aliphatic carbocycles. The van der Waals surface area contributed by atoms with E-state index in [1.807, 2.05) is 13.0 Å². The Hall–Kier alpha value is -1.79. The molecule has 2 aromatic rings. The largest absolute Gasteiger partial charge is 0.508 e. The highest BCUT2D eigenvalue weighted by Crippen LogP contribution is 2.43. The van der Waals surface area contributed by atoms with Gasteiger partial charge in [-0.2, -0.15) is 0 Å². The highest BCUT2D eigenvalue weighted by atomic mass is 79.9. The van der Waals surface area contributed by atoms with Crippen molar-refractivity contribution in [3.63, 3.8) is 0 Å². The predicted octanol–water partition coefficient (Wildman–Crippen LogP) is 4.42. The van der Waals surface area contributed by atoms with E-state index in [4.69, 9.17) is 0 Å². The van der Waals surface area contributed by atoms with E-state index in [0.29, 0.717) is 11.1 Å². The molecule has 1 aliphatic rings. The molecule has 0 saturated heterocycles. The van der Waals surface area contributed by atoms with Gasteiger partial charge >= 0.3 is 0 Å². The van der Waals surface area contributed by atoms with Gasteiger partial charge in [-0.15, -0.1) is 0 Å². The van der Waals surface area contributed by atoms with Crippen molar-refractivity contribution in [1.82, 2.24) is 0 Å². The van der Waals surface area contributed by atoms with Gasteiger partial charge in [0.05, 0.1) is 5.69 Å². The second-order valence-corrected chi connectivity index (χ2v) is 6.72. The Bertz CT molecular complexity index is 824. The number of nitrogens with one attached hydrogen (secondary N) is 1. The SMILES string of the molecule is Cc1c(Br)cc(Br)c2c1C(=Cc1cc(O)cc(O)c1)C(=O)N2. The van der Waals surface area contributed by atoms with Crippen molar-refractivity contribution in [2.45, 2.75) is 6.92 Å². The monoisotopic (exact) mass is 423 g/mol. The molecule has 1 aliphatic heterocycles. The normalized spacial score (nSPS) is 15.0. The van der Waals surface area contributed by atoms with Crippen molar-refractivity contribution in [2.75, 3.05) is 5.32 Å². The van der Waals surface area contributed by atoms with Crippen LogP contribution in [-0.2, 0) is 4.79 Å². The summed E-state index contributed by atoms with van der Waals surface area (Å²) in [5.41, 5.74) is 3.49. The fraction of sp³-hybridized carbons (Fsp3) is 0.0625. The van der Waals surface area contributed by atoms with Crippen LogP contribution in [0.15, 0.2) is 33.2 Å². The number of anilines is 1. The summed E-state index contributed by atoms with van der Waals surface area (Å²) in [7, 11) is 0. The van der Waals surface area contributed by atoms with E-state index in [9.17, 15) is 15.0 Å². The molecule has 0 spiro atoms. The second kappa shape index (κ2) is 5.44. The highest BCUT2D eigenvalue weighted by molar-refractivity contribution is 9.11. The van der Waals surface area contributed by atoms with Gasteiger partial charge in [0.2, 0.25) is 0 Å². The molecule has 1 amide bonds. The third-order valence-corrected chi connectivity index (χ3v) is 4.91. The number of benzene rings is 2. The van der Waals surface area contributed by atoms with Crippen LogP contribution >= 0.6 is 31.9 Å². The first-order chi connectivity index (χ1) is 10.4. The smallest absolute Gasteiger partial charge is 0.256 e. The lowest BCUT2D eigenvalue weighted by molar-refractivity contribution is -0.110. The van der Waals surface area contributed by atoms with Gasteiger partial charge in [-0.25, -0.2) is 0 Å². The van der Waals surface area contributed by atoms with Gasteiger partial charge in [-0.1, -0.05) is 15.9 Å². The molecule has 0 unspecified atom stereocenters. The number of phenolic OH excluding ortho intramolecular Hbond substituents is 2. The Kier molecular flexibility index (Phi) is 3.74. The fourth-order valence-corrected chi connectivity index (χ4v) is 3.74. The van der Waals surface area contributed by atoms with Gasteiger partial charge in [-0.05, 0) is 58.3 Å². The van der Waals surface area contributed by atoms with Crippen LogP contribution < -0.4 is 5.32 Å². The zero-order valence-corrected chi connectivity index (χ0v) is 14.6. The van der Waals surface area contributed by atoms with E-state index in [1.54, 1.807) is 6.08 Å². The average molecular weight is 425 g/mol. The van der Waals surface area contributed by atoms with E-state index < -0.39 is 0 Å². The second-order valence-electron chi connectivity index (χ2n) is 5.01. The molecule has 3 rings (SSSR count). The molecule has 6 heteroatoms. The molecule has 4 nitrogen and oxygen atoms in total. The molecule has 0 bridgehead atoms. The van der Waals surface area contributed by atoms with Crippen molar-refractivity contribution in [3.05, 3.63) is 49.9 Å². The maximum atomic E-state index is 12.3. The third kappa shape index (κ3) is 2.53. The average Bonchev–Trinajstić information content (AvgIpc) is 2.73. The number of halogens is 2. The molecule has 0 saturated carbocycles. The lowest BCUT2D eigenvalue weighted by Crippen LogP contribution is -2.03. The van der Waals surface area contributed by atoms with Crippen LogP contribution in [-0.4, -0.2) is 16.1 Å². The quantitative estimate of drug-likeness (QED) is 0.593. The van der Waals surface area contributed by atoms with Gasteiger partial charge in [0.1, 0.15) is 11.5 Å². The van der Waals surface area contributed by atoms with Gasteiger partial charge in [0, 0.05) is 26.1 Å². The number of carbonyl (C=O) groups excluding carboxylic acids is 1. The first-order valence-corrected chi connectivity index (χ1v) is 8.00. The van der Waals surface area contributed by atoms with Crippen molar-refractivity contribution in [3.8, 4) is 11.5 Å². The highest BCUT2D eigenvalue weighted by Gasteiger charge is 2.29. The Morgan fingerprint density at radius 3 is 2.32 bits per heavy atom. The van der Waals surface area contributed by atoms with E-state index >= 15 is 0 Å². The molecule has 1 heterocycles. The third-order valence-electron chi connectivity index (χ3n) is 3.46. The molecule has 22 heavy (non-hydrogen) atoms. The van der Waals surface area contributed by atoms with Gasteiger partial charge < -0.3 is 15.5 Å². The van der Waals surface area contributed by atoms with Crippen molar-refractivity contribution in [1.29, 1.82) is 0 Å². The maximum Gasteiger partial charge on any atom is 0.256 e. The van der Waals surface area contributed by atoms with Crippen LogP contribution in [0.2, 0.25) is 0 Å². The standard InChI is InChI=1S/C16H11Br2NO3/c1-7-12(17)6-13(18)15-14(7)11(16(22)19-15)4-8-2-9(20)5-10(21)3-8/h2-6,20-21H,1H3,(H,19,22). The van der Waals surface area contributed by atoms with Crippen LogP contribution in [0.1, 0.15) is 16.7 Å². The summed E-state index contributed by atoms with van der Waals surface area (Å²) in [6, 6.07) is 6.10. The summed E-state index contributed by atoms with van der Waals surface area (Å²) in [5, 5.41) is 22.0. The number of amides is 1. The van der Waals surface area contributed by atoms with Gasteiger partial charge in [0.25, 0.3) is 5.91 Å². The van der Waals surface area contributed by atoms with E-state index in [1.165, 1.54) is 18.2 Å². The molecule has 2 aromatic carbocycles. The Morgan fingerprint density at radius 2 is 1.68 bits per heavy atom. The van der Waals surface area contributed by atoms with Gasteiger partial charge in [0.15, 0.2) is 0 Å². The summed E-state index contributed by atoms with van der Waals surface area (Å²) in [4.78, 5) is 12.3. The van der Waals surface area contributed by atoms with Crippen LogP contribution in [0.4, 0.5) is 5.69 Å². The molecule has 0 fully saturated rings. The number of phenols is 2. The number of aromatic hydroxyl groups is 2. The number of hydrogen-bond donors (Lipinski definition) is 3. The number of rotatable bonds is 1. The Balaban J connectivity index is 2.22. The maximum absolute atomic E-state index is 12.3. The summed E-state index contributed by atoms with van der Waals surface area (Å²) >= 11 is 6.92. The Labute approximate surface area is 143 Å². The first-order valence-electron chi connectivity index (χ1n) is 6.42. The molecular weight excluding hydrogens is 414 g/mol. The summed E-state index contributed by atoms with van der Waals surface area (Å²) < 4.78 is 1.68. The lowest BCUT2D eigenvalue weighted by Gasteiger charge is -2.08.